The third kappa shape index (κ3) is 5.32. The van der Waals surface area contributed by atoms with E-state index in [1.54, 1.807) is 36.4 Å². The number of phenols is 2. The summed E-state index contributed by atoms with van der Waals surface area (Å²) in [5.41, 5.74) is 4.66. The van der Waals surface area contributed by atoms with Gasteiger partial charge in [0, 0.05) is 6.26 Å². The number of phenolic OH excluding ortho intramolecular Hbond substituents is 2. The summed E-state index contributed by atoms with van der Waals surface area (Å²) in [7, 11) is -1.97. The fourth-order valence-electron chi connectivity index (χ4n) is 3.70. The largest absolute Gasteiger partial charge is 0.508 e. The summed E-state index contributed by atoms with van der Waals surface area (Å²) in [6, 6.07) is 19.1. The van der Waals surface area contributed by atoms with Gasteiger partial charge in [0.15, 0.2) is 9.84 Å². The lowest BCUT2D eigenvalue weighted by Crippen LogP contribution is -2.02. The Bertz CT molecular complexity index is 1160. The number of unbranched alkanes of at least 4 members (excludes halogenated alkanes) is 1. The van der Waals surface area contributed by atoms with Crippen molar-refractivity contribution in [1.82, 2.24) is 0 Å². The zero-order chi connectivity index (χ0) is 23.3. The van der Waals surface area contributed by atoms with Crippen molar-refractivity contribution < 1.29 is 23.4 Å². The Morgan fingerprint density at radius 2 is 1.34 bits per heavy atom. The summed E-state index contributed by atoms with van der Waals surface area (Å²) < 4.78 is 29.8. The number of ether oxygens (including phenoxy) is 1. The van der Waals surface area contributed by atoms with E-state index in [2.05, 4.69) is 6.92 Å². The molecule has 0 saturated heterocycles. The Balaban J connectivity index is 2.33. The molecule has 3 aromatic carbocycles. The average Bonchev–Trinajstić information content (AvgIpc) is 2.77. The first-order valence-corrected chi connectivity index (χ1v) is 12.3. The van der Waals surface area contributed by atoms with Crippen molar-refractivity contribution in [2.45, 2.75) is 31.1 Å². The Labute approximate surface area is 189 Å². The molecular weight excluding hydrogens is 424 g/mol. The van der Waals surface area contributed by atoms with Gasteiger partial charge in [-0.3, -0.25) is 0 Å². The number of allylic oxidation sites excluding steroid dienone is 1. The fraction of sp³-hybridized carbons (Fsp3) is 0.231. The highest BCUT2D eigenvalue weighted by Gasteiger charge is 2.19. The molecular formula is C26H28O5S. The molecule has 0 aliphatic heterocycles. The Hall–Kier alpha value is -3.25. The number of aromatic hydroxyl groups is 2. The van der Waals surface area contributed by atoms with Crippen molar-refractivity contribution in [3.8, 4) is 17.2 Å². The molecule has 0 aliphatic carbocycles. The van der Waals surface area contributed by atoms with Gasteiger partial charge >= 0.3 is 0 Å². The minimum atomic E-state index is -3.44. The van der Waals surface area contributed by atoms with Crippen LogP contribution in [0, 0.1) is 0 Å². The first-order chi connectivity index (χ1) is 15.2. The van der Waals surface area contributed by atoms with Gasteiger partial charge in [-0.2, -0.15) is 0 Å². The van der Waals surface area contributed by atoms with Gasteiger partial charge in [-0.15, -0.1) is 0 Å². The number of rotatable bonds is 8. The molecule has 0 atom stereocenters. The fourth-order valence-corrected chi connectivity index (χ4v) is 4.52. The Morgan fingerprint density at radius 3 is 1.78 bits per heavy atom. The van der Waals surface area contributed by atoms with Gasteiger partial charge in [-0.05, 0) is 77.1 Å². The molecule has 6 heteroatoms. The smallest absolute Gasteiger partial charge is 0.179 e. The number of methoxy groups -OCH3 is 1. The summed E-state index contributed by atoms with van der Waals surface area (Å²) in [6.07, 6.45) is 3.84. The molecule has 3 rings (SSSR count). The van der Waals surface area contributed by atoms with Gasteiger partial charge < -0.3 is 14.9 Å². The second-order valence-electron chi connectivity index (χ2n) is 7.69. The van der Waals surface area contributed by atoms with Crippen LogP contribution in [-0.2, 0) is 9.84 Å². The maximum absolute atomic E-state index is 12.2. The van der Waals surface area contributed by atoms with Crippen LogP contribution in [-0.4, -0.2) is 32.0 Å². The van der Waals surface area contributed by atoms with Crippen LogP contribution in [0.4, 0.5) is 0 Å². The van der Waals surface area contributed by atoms with E-state index in [0.29, 0.717) is 5.75 Å². The zero-order valence-corrected chi connectivity index (χ0v) is 19.3. The molecule has 32 heavy (non-hydrogen) atoms. The maximum atomic E-state index is 12.2. The van der Waals surface area contributed by atoms with E-state index < -0.39 is 9.84 Å². The number of hydrogen-bond donors (Lipinski definition) is 2. The number of hydrogen-bond acceptors (Lipinski definition) is 5. The molecule has 168 valence electrons. The average molecular weight is 453 g/mol. The number of benzene rings is 3. The van der Waals surface area contributed by atoms with E-state index in [9.17, 15) is 18.6 Å². The molecule has 0 radical (unpaired) electrons. The second kappa shape index (κ2) is 9.92. The van der Waals surface area contributed by atoms with Crippen molar-refractivity contribution in [1.29, 1.82) is 0 Å². The van der Waals surface area contributed by atoms with Crippen molar-refractivity contribution in [2.75, 3.05) is 13.4 Å². The normalized spacial score (nSPS) is 11.2. The zero-order valence-electron chi connectivity index (χ0n) is 18.5. The second-order valence-corrected chi connectivity index (χ2v) is 9.67. The molecule has 0 fully saturated rings. The van der Waals surface area contributed by atoms with E-state index in [4.69, 9.17) is 4.74 Å². The van der Waals surface area contributed by atoms with Gasteiger partial charge in [0.1, 0.15) is 22.1 Å². The highest BCUT2D eigenvalue weighted by Crippen LogP contribution is 2.38. The topological polar surface area (TPSA) is 83.8 Å². The molecule has 0 spiro atoms. The summed E-state index contributed by atoms with van der Waals surface area (Å²) >= 11 is 0. The lowest BCUT2D eigenvalue weighted by molar-refractivity contribution is 0.402. The van der Waals surface area contributed by atoms with Crippen LogP contribution in [0.25, 0.3) is 11.1 Å². The van der Waals surface area contributed by atoms with Gasteiger partial charge in [-0.1, -0.05) is 43.7 Å². The van der Waals surface area contributed by atoms with Crippen LogP contribution in [0.3, 0.4) is 0 Å². The van der Waals surface area contributed by atoms with E-state index in [-0.39, 0.29) is 16.4 Å². The minimum Gasteiger partial charge on any atom is -0.508 e. The van der Waals surface area contributed by atoms with E-state index in [1.165, 1.54) is 7.11 Å². The predicted octanol–water partition coefficient (Wildman–Crippen LogP) is 5.66. The van der Waals surface area contributed by atoms with E-state index in [0.717, 1.165) is 53.4 Å². The molecule has 0 amide bonds. The van der Waals surface area contributed by atoms with Crippen LogP contribution >= 0.6 is 0 Å². The first-order valence-electron chi connectivity index (χ1n) is 10.4. The van der Waals surface area contributed by atoms with E-state index in [1.807, 2.05) is 30.3 Å². The third-order valence-electron chi connectivity index (χ3n) is 5.31. The highest BCUT2D eigenvalue weighted by atomic mass is 32.2. The monoisotopic (exact) mass is 452 g/mol. The SMILES string of the molecule is CCCCC(=C(c1ccc(O)cc1)c1ccc(O)cc1)c1ccc(S(C)(=O)=O)c(OC)c1. The molecule has 0 saturated carbocycles. The summed E-state index contributed by atoms with van der Waals surface area (Å²) in [5, 5.41) is 19.6. The number of sulfone groups is 1. The quantitative estimate of drug-likeness (QED) is 0.431. The molecule has 0 heterocycles. The highest BCUT2D eigenvalue weighted by molar-refractivity contribution is 7.90. The summed E-state index contributed by atoms with van der Waals surface area (Å²) in [5.74, 6) is 0.649. The third-order valence-corrected chi connectivity index (χ3v) is 6.44. The summed E-state index contributed by atoms with van der Waals surface area (Å²) in [6.45, 7) is 2.12. The Morgan fingerprint density at radius 1 is 0.844 bits per heavy atom. The minimum absolute atomic E-state index is 0.148. The van der Waals surface area contributed by atoms with E-state index >= 15 is 0 Å². The van der Waals surface area contributed by atoms with Crippen LogP contribution < -0.4 is 4.74 Å². The molecule has 5 nitrogen and oxygen atoms in total. The van der Waals surface area contributed by atoms with Crippen LogP contribution in [0.5, 0.6) is 17.2 Å². The van der Waals surface area contributed by atoms with Crippen molar-refractivity contribution in [3.05, 3.63) is 83.4 Å². The van der Waals surface area contributed by atoms with Crippen LogP contribution in [0.1, 0.15) is 42.9 Å². The van der Waals surface area contributed by atoms with Gasteiger partial charge in [0.2, 0.25) is 0 Å². The predicted molar refractivity (Wildman–Crippen MR) is 128 cm³/mol. The van der Waals surface area contributed by atoms with Gasteiger partial charge in [-0.25, -0.2) is 8.42 Å². The molecule has 0 aliphatic rings. The first kappa shape index (κ1) is 23.4. The van der Waals surface area contributed by atoms with Crippen molar-refractivity contribution in [2.24, 2.45) is 0 Å². The molecule has 3 aromatic rings. The van der Waals surface area contributed by atoms with Crippen molar-refractivity contribution in [3.63, 3.8) is 0 Å². The molecule has 0 aromatic heterocycles. The standard InChI is InChI=1S/C26H28O5S/c1-4-5-6-23(20-11-16-25(32(3,29)30)24(17-20)31-2)26(18-7-12-21(27)13-8-18)19-9-14-22(28)15-10-19/h7-17,27-28H,4-6H2,1-3H3. The lowest BCUT2D eigenvalue weighted by atomic mass is 9.87. The van der Waals surface area contributed by atoms with Gasteiger partial charge in [0.05, 0.1) is 7.11 Å². The Kier molecular flexibility index (Phi) is 7.26. The molecule has 0 bridgehead atoms. The van der Waals surface area contributed by atoms with Crippen LogP contribution in [0.2, 0.25) is 0 Å². The molecule has 0 unspecified atom stereocenters. The van der Waals surface area contributed by atoms with Crippen LogP contribution in [0.15, 0.2) is 71.6 Å². The molecule has 2 N–H and O–H groups in total. The van der Waals surface area contributed by atoms with Gasteiger partial charge in [0.25, 0.3) is 0 Å². The van der Waals surface area contributed by atoms with Crippen molar-refractivity contribution >= 4 is 21.0 Å². The maximum Gasteiger partial charge on any atom is 0.179 e. The lowest BCUT2D eigenvalue weighted by Gasteiger charge is -2.19. The summed E-state index contributed by atoms with van der Waals surface area (Å²) in [4.78, 5) is 0.148.